The molecule has 0 fully saturated rings. The van der Waals surface area contributed by atoms with E-state index in [4.69, 9.17) is 0 Å². The summed E-state index contributed by atoms with van der Waals surface area (Å²) < 4.78 is 30.7. The molecule has 0 bridgehead atoms. The first-order valence-electron chi connectivity index (χ1n) is 6.66. The van der Waals surface area contributed by atoms with Crippen LogP contribution in [0, 0.1) is 6.92 Å². The van der Waals surface area contributed by atoms with Crippen LogP contribution in [-0.4, -0.2) is 13.0 Å². The Labute approximate surface area is 145 Å². The van der Waals surface area contributed by atoms with E-state index in [1.54, 1.807) is 31.3 Å². The van der Waals surface area contributed by atoms with Crippen LogP contribution in [0.25, 0.3) is 10.2 Å². The van der Waals surface area contributed by atoms with E-state index >= 15 is 0 Å². The Bertz CT molecular complexity index is 1070. The highest BCUT2D eigenvalue weighted by molar-refractivity contribution is 9.10. The molecule has 1 aromatic heterocycles. The second-order valence-electron chi connectivity index (χ2n) is 5.13. The Kier molecular flexibility index (Phi) is 4.07. The summed E-state index contributed by atoms with van der Waals surface area (Å²) in [6.07, 6.45) is 0. The molecule has 0 amide bonds. The molecule has 0 atom stereocenters. The second kappa shape index (κ2) is 5.77. The molecule has 0 radical (unpaired) electrons. The lowest BCUT2D eigenvalue weighted by molar-refractivity contribution is 0.601. The molecule has 120 valence electrons. The van der Waals surface area contributed by atoms with Crippen molar-refractivity contribution in [1.29, 1.82) is 0 Å². The van der Waals surface area contributed by atoms with Crippen molar-refractivity contribution in [2.45, 2.75) is 11.8 Å². The molecule has 0 saturated heterocycles. The number of nitrogens with zero attached hydrogens (tertiary/aromatic N) is 1. The first-order valence-corrected chi connectivity index (χ1v) is 9.76. The number of anilines is 1. The molecule has 0 saturated carbocycles. The van der Waals surface area contributed by atoms with Gasteiger partial charge >= 0.3 is 4.87 Å². The maximum Gasteiger partial charge on any atom is 0.307 e. The fourth-order valence-corrected chi connectivity index (χ4v) is 4.52. The van der Waals surface area contributed by atoms with Crippen LogP contribution >= 0.6 is 27.3 Å². The molecule has 2 aromatic carbocycles. The van der Waals surface area contributed by atoms with Crippen LogP contribution in [0.1, 0.15) is 5.56 Å². The van der Waals surface area contributed by atoms with Crippen molar-refractivity contribution in [2.24, 2.45) is 7.05 Å². The quantitative estimate of drug-likeness (QED) is 0.715. The number of fused-ring (bicyclic) bond motifs is 1. The van der Waals surface area contributed by atoms with Gasteiger partial charge in [0.25, 0.3) is 10.0 Å². The molecule has 0 unspecified atom stereocenters. The van der Waals surface area contributed by atoms with Crippen molar-refractivity contribution >= 4 is 53.2 Å². The van der Waals surface area contributed by atoms with Crippen molar-refractivity contribution in [3.63, 3.8) is 0 Å². The number of sulfonamides is 1. The summed E-state index contributed by atoms with van der Waals surface area (Å²) in [5.41, 5.74) is 2.15. The summed E-state index contributed by atoms with van der Waals surface area (Å²) in [7, 11) is -2.04. The Balaban J connectivity index is 2.01. The van der Waals surface area contributed by atoms with Gasteiger partial charge in [-0.25, -0.2) is 8.42 Å². The average molecular weight is 413 g/mol. The first kappa shape index (κ1) is 16.2. The summed E-state index contributed by atoms with van der Waals surface area (Å²) in [6.45, 7) is 1.88. The van der Waals surface area contributed by atoms with Gasteiger partial charge in [0.2, 0.25) is 0 Å². The number of aryl methyl sites for hydroxylation is 2. The van der Waals surface area contributed by atoms with E-state index in [1.165, 1.54) is 16.7 Å². The van der Waals surface area contributed by atoms with Gasteiger partial charge in [-0.05, 0) is 48.9 Å². The SMILES string of the molecule is Cc1cc(NS(=O)(=O)c2ccc3c(c2)sc(=O)n3C)ccc1Br. The van der Waals surface area contributed by atoms with E-state index in [0.717, 1.165) is 26.9 Å². The highest BCUT2D eigenvalue weighted by Gasteiger charge is 2.16. The maximum absolute atomic E-state index is 12.5. The van der Waals surface area contributed by atoms with Crippen LogP contribution < -0.4 is 9.60 Å². The third-order valence-corrected chi connectivity index (χ3v) is 6.75. The van der Waals surface area contributed by atoms with Gasteiger partial charge in [-0.15, -0.1) is 0 Å². The maximum atomic E-state index is 12.5. The lowest BCUT2D eigenvalue weighted by Crippen LogP contribution is -2.13. The molecule has 1 heterocycles. The molecule has 3 aromatic rings. The summed E-state index contributed by atoms with van der Waals surface area (Å²) in [5.74, 6) is 0. The molecule has 3 rings (SSSR count). The van der Waals surface area contributed by atoms with Crippen LogP contribution in [-0.2, 0) is 17.1 Å². The minimum atomic E-state index is -3.71. The topological polar surface area (TPSA) is 68.2 Å². The van der Waals surface area contributed by atoms with Crippen LogP contribution in [0.5, 0.6) is 0 Å². The lowest BCUT2D eigenvalue weighted by Gasteiger charge is -2.09. The predicted octanol–water partition coefficient (Wildman–Crippen LogP) is 3.47. The number of hydrogen-bond acceptors (Lipinski definition) is 4. The van der Waals surface area contributed by atoms with E-state index in [-0.39, 0.29) is 9.77 Å². The van der Waals surface area contributed by atoms with Crippen LogP contribution in [0.3, 0.4) is 0 Å². The highest BCUT2D eigenvalue weighted by atomic mass is 79.9. The van der Waals surface area contributed by atoms with Gasteiger partial charge in [-0.2, -0.15) is 0 Å². The number of rotatable bonds is 3. The van der Waals surface area contributed by atoms with Gasteiger partial charge in [-0.1, -0.05) is 27.3 Å². The second-order valence-corrected chi connectivity index (χ2v) is 8.66. The number of halogens is 1. The van der Waals surface area contributed by atoms with Gasteiger partial charge < -0.3 is 4.57 Å². The van der Waals surface area contributed by atoms with Gasteiger partial charge in [0.05, 0.1) is 15.1 Å². The normalized spacial score (nSPS) is 11.8. The number of hydrogen-bond donors (Lipinski definition) is 1. The predicted molar refractivity (Wildman–Crippen MR) is 96.8 cm³/mol. The van der Waals surface area contributed by atoms with Crippen molar-refractivity contribution in [2.75, 3.05) is 4.72 Å². The lowest BCUT2D eigenvalue weighted by atomic mass is 10.2. The molecule has 0 aliphatic rings. The Morgan fingerprint density at radius 1 is 1.17 bits per heavy atom. The highest BCUT2D eigenvalue weighted by Crippen LogP contribution is 2.25. The van der Waals surface area contributed by atoms with E-state index in [9.17, 15) is 13.2 Å². The number of benzene rings is 2. The van der Waals surface area contributed by atoms with Gasteiger partial charge in [0, 0.05) is 17.2 Å². The van der Waals surface area contributed by atoms with Crippen molar-refractivity contribution in [3.05, 3.63) is 56.1 Å². The number of aromatic nitrogens is 1. The molecule has 0 spiro atoms. The van der Waals surface area contributed by atoms with E-state index in [1.807, 2.05) is 6.92 Å². The molecule has 1 N–H and O–H groups in total. The van der Waals surface area contributed by atoms with Gasteiger partial charge in [0.1, 0.15) is 0 Å². The molecule has 0 aliphatic heterocycles. The van der Waals surface area contributed by atoms with E-state index in [2.05, 4.69) is 20.7 Å². The smallest absolute Gasteiger partial charge is 0.302 e. The third-order valence-electron chi connectivity index (χ3n) is 3.48. The van der Waals surface area contributed by atoms with Gasteiger partial charge in [-0.3, -0.25) is 9.52 Å². The molecular weight excluding hydrogens is 400 g/mol. The summed E-state index contributed by atoms with van der Waals surface area (Å²) in [4.78, 5) is 11.7. The fourth-order valence-electron chi connectivity index (χ4n) is 2.20. The Hall–Kier alpha value is -1.64. The Morgan fingerprint density at radius 2 is 1.91 bits per heavy atom. The van der Waals surface area contributed by atoms with E-state index in [0.29, 0.717) is 10.4 Å². The summed E-state index contributed by atoms with van der Waals surface area (Å²) >= 11 is 4.41. The van der Waals surface area contributed by atoms with Crippen molar-refractivity contribution < 1.29 is 8.42 Å². The molecule has 0 aliphatic carbocycles. The third kappa shape index (κ3) is 3.06. The molecular formula is C15H13BrN2O3S2. The van der Waals surface area contributed by atoms with Gasteiger partial charge in [0.15, 0.2) is 0 Å². The zero-order valence-corrected chi connectivity index (χ0v) is 15.5. The van der Waals surface area contributed by atoms with Crippen LogP contribution in [0.2, 0.25) is 0 Å². The summed E-state index contributed by atoms with van der Waals surface area (Å²) in [6, 6.07) is 9.90. The molecule has 5 nitrogen and oxygen atoms in total. The standard InChI is InChI=1S/C15H13BrN2O3S2/c1-9-7-10(3-5-12(9)16)17-23(20,21)11-4-6-13-14(8-11)22-15(19)18(13)2/h3-8,17H,1-2H3. The zero-order valence-electron chi connectivity index (χ0n) is 12.3. The molecule has 8 heteroatoms. The number of nitrogens with one attached hydrogen (secondary N) is 1. The Morgan fingerprint density at radius 3 is 2.61 bits per heavy atom. The minimum Gasteiger partial charge on any atom is -0.302 e. The minimum absolute atomic E-state index is 0.119. The average Bonchev–Trinajstić information content (AvgIpc) is 2.77. The summed E-state index contributed by atoms with van der Waals surface area (Å²) in [5, 5.41) is 0. The molecule has 23 heavy (non-hydrogen) atoms. The van der Waals surface area contributed by atoms with Crippen LogP contribution in [0.15, 0.2) is 50.6 Å². The zero-order chi connectivity index (χ0) is 16.8. The van der Waals surface area contributed by atoms with Crippen LogP contribution in [0.4, 0.5) is 5.69 Å². The van der Waals surface area contributed by atoms with Crippen molar-refractivity contribution in [1.82, 2.24) is 4.57 Å². The van der Waals surface area contributed by atoms with Crippen molar-refractivity contribution in [3.8, 4) is 0 Å². The monoisotopic (exact) mass is 412 g/mol. The first-order chi connectivity index (χ1) is 10.8. The number of thiazole rings is 1. The fraction of sp³-hybridized carbons (Fsp3) is 0.133. The van der Waals surface area contributed by atoms with E-state index < -0.39 is 10.0 Å². The largest absolute Gasteiger partial charge is 0.307 e.